The molecule has 12 heteroatoms. The quantitative estimate of drug-likeness (QED) is 0.178. The molecule has 0 spiro atoms. The van der Waals surface area contributed by atoms with E-state index in [4.69, 9.17) is 5.73 Å². The number of aliphatic hydroxyl groups is 2. The second-order valence-corrected chi connectivity index (χ2v) is 7.51. The number of nitrogens with two attached hydrogens (primary N) is 1. The Kier molecular flexibility index (Phi) is 10.0. The van der Waals surface area contributed by atoms with Gasteiger partial charge in [0.1, 0.15) is 23.9 Å². The molecular weight excluding hydrogens is 424 g/mol. The normalized spacial score (nSPS) is 16.6. The third-order valence-corrected chi connectivity index (χ3v) is 4.53. The molecule has 0 saturated carbocycles. The maximum absolute atomic E-state index is 12.6. The minimum absolute atomic E-state index is 0.00896. The van der Waals surface area contributed by atoms with Crippen LogP contribution in [0.4, 0.5) is 0 Å². The van der Waals surface area contributed by atoms with Gasteiger partial charge in [-0.05, 0) is 38.5 Å². The van der Waals surface area contributed by atoms with Gasteiger partial charge in [0.25, 0.3) is 0 Å². The number of phenols is 1. The van der Waals surface area contributed by atoms with Crippen LogP contribution in [-0.4, -0.2) is 80.5 Å². The largest absolute Gasteiger partial charge is 0.508 e. The van der Waals surface area contributed by atoms with Crippen LogP contribution in [0.25, 0.3) is 0 Å². The highest BCUT2D eigenvalue weighted by molar-refractivity contribution is 5.94. The van der Waals surface area contributed by atoms with Crippen molar-refractivity contribution in [2.45, 2.75) is 63.6 Å². The number of hydrogen-bond acceptors (Lipinski definition) is 8. The van der Waals surface area contributed by atoms with E-state index < -0.39 is 60.1 Å². The summed E-state index contributed by atoms with van der Waals surface area (Å²) in [5.74, 6) is -4.04. The van der Waals surface area contributed by atoms with E-state index in [1.807, 2.05) is 0 Å². The van der Waals surface area contributed by atoms with Gasteiger partial charge in [-0.1, -0.05) is 12.1 Å². The number of amides is 3. The molecule has 0 aliphatic carbocycles. The Bertz CT molecular complexity index is 810. The van der Waals surface area contributed by atoms with Gasteiger partial charge < -0.3 is 42.1 Å². The fraction of sp³-hybridized carbons (Fsp3) is 0.500. The van der Waals surface area contributed by atoms with Crippen LogP contribution in [0.3, 0.4) is 0 Å². The van der Waals surface area contributed by atoms with Gasteiger partial charge in [0.05, 0.1) is 18.2 Å². The van der Waals surface area contributed by atoms with Crippen LogP contribution in [0, 0.1) is 0 Å². The summed E-state index contributed by atoms with van der Waals surface area (Å²) in [7, 11) is 0. The fourth-order valence-corrected chi connectivity index (χ4v) is 2.67. The van der Waals surface area contributed by atoms with E-state index in [9.17, 15) is 39.6 Å². The Morgan fingerprint density at radius 2 is 1.28 bits per heavy atom. The third-order valence-electron chi connectivity index (χ3n) is 4.53. The van der Waals surface area contributed by atoms with E-state index >= 15 is 0 Å². The van der Waals surface area contributed by atoms with E-state index in [2.05, 4.69) is 16.0 Å². The van der Waals surface area contributed by atoms with E-state index in [0.717, 1.165) is 0 Å². The van der Waals surface area contributed by atoms with Crippen molar-refractivity contribution >= 4 is 23.7 Å². The maximum Gasteiger partial charge on any atom is 0.326 e. The molecule has 0 aliphatic heterocycles. The molecular formula is C20H30N4O8. The van der Waals surface area contributed by atoms with Crippen molar-refractivity contribution in [2.24, 2.45) is 5.73 Å². The number of carbonyl (C=O) groups excluding carboxylic acids is 3. The van der Waals surface area contributed by atoms with Gasteiger partial charge in [-0.2, -0.15) is 0 Å². The van der Waals surface area contributed by atoms with Crippen LogP contribution in [-0.2, 0) is 25.6 Å². The zero-order valence-corrected chi connectivity index (χ0v) is 18.0. The molecule has 1 rings (SSSR count). The molecule has 0 radical (unpaired) electrons. The number of aliphatic hydroxyl groups excluding tert-OH is 2. The monoisotopic (exact) mass is 454 g/mol. The highest BCUT2D eigenvalue weighted by Gasteiger charge is 2.34. The molecule has 0 fully saturated rings. The van der Waals surface area contributed by atoms with Crippen LogP contribution in [0.1, 0.15) is 26.3 Å². The molecule has 0 bridgehead atoms. The van der Waals surface area contributed by atoms with Crippen LogP contribution < -0.4 is 21.7 Å². The lowest BCUT2D eigenvalue weighted by Crippen LogP contribution is -2.61. The molecule has 1 aromatic rings. The van der Waals surface area contributed by atoms with Gasteiger partial charge in [-0.3, -0.25) is 14.4 Å². The first-order valence-corrected chi connectivity index (χ1v) is 9.87. The Morgan fingerprint density at radius 1 is 0.844 bits per heavy atom. The van der Waals surface area contributed by atoms with Gasteiger partial charge in [-0.15, -0.1) is 0 Å². The standard InChI is InChI=1S/C20H30N4O8/c1-9(21)17(28)23-16(11(3)26)19(30)24-15(10(2)25)18(29)22-14(20(31)32)8-12-4-6-13(27)7-5-12/h4-7,9-11,14-16,25-27H,8,21H2,1-3H3,(H,22,29)(H,23,28)(H,24,30)(H,31,32). The zero-order valence-electron chi connectivity index (χ0n) is 18.0. The molecule has 0 aliphatic rings. The van der Waals surface area contributed by atoms with Gasteiger partial charge in [0, 0.05) is 6.42 Å². The SMILES string of the molecule is CC(N)C(=O)NC(C(=O)NC(C(=O)NC(Cc1ccc(O)cc1)C(=O)O)C(C)O)C(C)O. The lowest BCUT2D eigenvalue weighted by Gasteiger charge is -2.27. The number of benzene rings is 1. The summed E-state index contributed by atoms with van der Waals surface area (Å²) >= 11 is 0. The topological polar surface area (TPSA) is 211 Å². The van der Waals surface area contributed by atoms with Gasteiger partial charge >= 0.3 is 5.97 Å². The van der Waals surface area contributed by atoms with Gasteiger partial charge in [0.15, 0.2) is 0 Å². The van der Waals surface area contributed by atoms with Crippen LogP contribution in [0.2, 0.25) is 0 Å². The average Bonchev–Trinajstić information content (AvgIpc) is 2.69. The average molecular weight is 454 g/mol. The summed E-state index contributed by atoms with van der Waals surface area (Å²) in [6, 6.07) is 0.307. The first-order valence-electron chi connectivity index (χ1n) is 9.87. The molecule has 0 aromatic heterocycles. The predicted molar refractivity (Wildman–Crippen MR) is 112 cm³/mol. The predicted octanol–water partition coefficient (Wildman–Crippen LogP) is -2.42. The summed E-state index contributed by atoms with van der Waals surface area (Å²) in [5, 5.41) is 45.3. The number of phenolic OH excluding ortho intramolecular Hbond substituents is 1. The number of hydrogen-bond donors (Lipinski definition) is 8. The molecule has 12 nitrogen and oxygen atoms in total. The molecule has 9 N–H and O–H groups in total. The number of aliphatic carboxylic acids is 1. The molecule has 1 aromatic carbocycles. The molecule has 0 heterocycles. The summed E-state index contributed by atoms with van der Waals surface area (Å²) in [5.41, 5.74) is 5.95. The van der Waals surface area contributed by atoms with E-state index in [1.165, 1.54) is 45.0 Å². The fourth-order valence-electron chi connectivity index (χ4n) is 2.67. The lowest BCUT2D eigenvalue weighted by atomic mass is 10.0. The van der Waals surface area contributed by atoms with Gasteiger partial charge in [-0.25, -0.2) is 4.79 Å². The van der Waals surface area contributed by atoms with E-state index in [0.29, 0.717) is 5.56 Å². The summed E-state index contributed by atoms with van der Waals surface area (Å²) in [6.07, 6.45) is -2.90. The van der Waals surface area contributed by atoms with Crippen molar-refractivity contribution in [3.63, 3.8) is 0 Å². The van der Waals surface area contributed by atoms with E-state index in [-0.39, 0.29) is 12.2 Å². The first-order chi connectivity index (χ1) is 14.8. The number of nitrogens with one attached hydrogen (secondary N) is 3. The minimum atomic E-state index is -1.57. The summed E-state index contributed by atoms with van der Waals surface area (Å²) in [6.45, 7) is 3.82. The molecule has 6 unspecified atom stereocenters. The highest BCUT2D eigenvalue weighted by Crippen LogP contribution is 2.12. The molecule has 32 heavy (non-hydrogen) atoms. The minimum Gasteiger partial charge on any atom is -0.508 e. The van der Waals surface area contributed by atoms with Crippen LogP contribution in [0.5, 0.6) is 5.75 Å². The molecule has 178 valence electrons. The van der Waals surface area contributed by atoms with Crippen molar-refractivity contribution in [2.75, 3.05) is 0 Å². The number of carbonyl (C=O) groups is 4. The summed E-state index contributed by atoms with van der Waals surface area (Å²) < 4.78 is 0. The van der Waals surface area contributed by atoms with Gasteiger partial charge in [0.2, 0.25) is 17.7 Å². The lowest BCUT2D eigenvalue weighted by molar-refractivity contribution is -0.143. The van der Waals surface area contributed by atoms with Crippen molar-refractivity contribution in [1.29, 1.82) is 0 Å². The zero-order chi connectivity index (χ0) is 24.6. The Hall–Kier alpha value is -3.22. The number of rotatable bonds is 11. The number of carboxylic acid groups (broad SMARTS) is 1. The smallest absolute Gasteiger partial charge is 0.326 e. The van der Waals surface area contributed by atoms with Crippen molar-refractivity contribution < 1.29 is 39.6 Å². The van der Waals surface area contributed by atoms with Crippen LogP contribution in [0.15, 0.2) is 24.3 Å². The number of aromatic hydroxyl groups is 1. The Morgan fingerprint density at radius 3 is 1.69 bits per heavy atom. The second kappa shape index (κ2) is 12.0. The highest BCUT2D eigenvalue weighted by atomic mass is 16.4. The molecule has 0 saturated heterocycles. The molecule has 6 atom stereocenters. The van der Waals surface area contributed by atoms with Crippen molar-refractivity contribution in [3.8, 4) is 5.75 Å². The second-order valence-electron chi connectivity index (χ2n) is 7.51. The number of carboxylic acids is 1. The summed E-state index contributed by atoms with van der Waals surface area (Å²) in [4.78, 5) is 48.6. The van der Waals surface area contributed by atoms with Crippen LogP contribution >= 0.6 is 0 Å². The van der Waals surface area contributed by atoms with Crippen molar-refractivity contribution in [1.82, 2.24) is 16.0 Å². The molecule has 3 amide bonds. The third kappa shape index (κ3) is 8.13. The Labute approximate surface area is 184 Å². The first kappa shape index (κ1) is 26.8. The van der Waals surface area contributed by atoms with E-state index in [1.54, 1.807) is 0 Å². The Balaban J connectivity index is 2.94. The van der Waals surface area contributed by atoms with Crippen molar-refractivity contribution in [3.05, 3.63) is 29.8 Å². The maximum atomic E-state index is 12.6.